The fourth-order valence-electron chi connectivity index (χ4n) is 4.76. The van der Waals surface area contributed by atoms with Crippen LogP contribution in [0.5, 0.6) is 0 Å². The molecule has 0 N–H and O–H groups in total. The van der Waals surface area contributed by atoms with Gasteiger partial charge in [0.05, 0.1) is 0 Å². The van der Waals surface area contributed by atoms with Crippen LogP contribution in [0.4, 0.5) is 0 Å². The second-order valence-electron chi connectivity index (χ2n) is 9.15. The van der Waals surface area contributed by atoms with E-state index in [0.717, 1.165) is 49.8 Å². The number of aromatic nitrogens is 3. The van der Waals surface area contributed by atoms with Gasteiger partial charge < -0.3 is 4.42 Å². The lowest BCUT2D eigenvalue weighted by Crippen LogP contribution is -2.03. The van der Waals surface area contributed by atoms with E-state index in [1.165, 1.54) is 0 Å². The summed E-state index contributed by atoms with van der Waals surface area (Å²) in [6.07, 6.45) is 0. The molecule has 0 aliphatic heterocycles. The predicted molar refractivity (Wildman–Crippen MR) is 154 cm³/mol. The van der Waals surface area contributed by atoms with Crippen LogP contribution in [0.25, 0.3) is 67.2 Å². The van der Waals surface area contributed by atoms with Crippen LogP contribution in [0.1, 0.15) is 0 Å². The molecule has 0 spiro atoms. The number of hydrogen-bond acceptors (Lipinski definition) is 4. The van der Waals surface area contributed by atoms with E-state index in [1.807, 2.05) is 84.9 Å². The first-order valence-corrected chi connectivity index (χ1v) is 12.4. The van der Waals surface area contributed by atoms with Crippen molar-refractivity contribution in [2.24, 2.45) is 0 Å². The van der Waals surface area contributed by atoms with E-state index in [1.54, 1.807) is 0 Å². The maximum absolute atomic E-state index is 6.25. The van der Waals surface area contributed by atoms with Crippen molar-refractivity contribution in [2.45, 2.75) is 0 Å². The Morgan fingerprint density at radius 1 is 0.447 bits per heavy atom. The summed E-state index contributed by atoms with van der Waals surface area (Å²) in [5, 5.41) is 2.23. The molecule has 2 aromatic heterocycles. The predicted octanol–water partition coefficient (Wildman–Crippen LogP) is 7.23. The Kier molecular flexibility index (Phi) is 5.33. The summed E-state index contributed by atoms with van der Waals surface area (Å²) in [5.41, 5.74) is 7.30. The molecule has 0 aliphatic carbocycles. The zero-order chi connectivity index (χ0) is 25.5. The Bertz CT molecular complexity index is 1910. The SMILES string of the molecule is [B]c1ccc(-c2nc(-c3ccccc3)nc(-c3ccc(-c4cccc5c4oc4ccccc45)cc3)n2)cc1. The largest absolute Gasteiger partial charge is 0.455 e. The fourth-order valence-corrected chi connectivity index (χ4v) is 4.76. The molecule has 0 saturated heterocycles. The normalized spacial score (nSPS) is 11.3. The maximum atomic E-state index is 6.25. The van der Waals surface area contributed by atoms with Crippen molar-refractivity contribution in [3.63, 3.8) is 0 Å². The lowest BCUT2D eigenvalue weighted by molar-refractivity contribution is 0.670. The number of para-hydroxylation sites is 2. The van der Waals surface area contributed by atoms with Crippen LogP contribution in [0, 0.1) is 0 Å². The zero-order valence-corrected chi connectivity index (χ0v) is 20.4. The van der Waals surface area contributed by atoms with Crippen molar-refractivity contribution in [3.05, 3.63) is 121 Å². The molecular formula is C33H20BN3O. The molecule has 7 rings (SSSR count). The van der Waals surface area contributed by atoms with Crippen molar-refractivity contribution in [1.29, 1.82) is 0 Å². The molecular weight excluding hydrogens is 465 g/mol. The van der Waals surface area contributed by atoms with Crippen LogP contribution in [0.15, 0.2) is 126 Å². The molecule has 0 bridgehead atoms. The minimum atomic E-state index is 0.602. The quantitative estimate of drug-likeness (QED) is 0.247. The average molecular weight is 485 g/mol. The zero-order valence-electron chi connectivity index (χ0n) is 20.4. The molecule has 5 aromatic carbocycles. The van der Waals surface area contributed by atoms with E-state index in [4.69, 9.17) is 27.2 Å². The molecule has 4 nitrogen and oxygen atoms in total. The number of benzene rings is 5. The third-order valence-corrected chi connectivity index (χ3v) is 6.69. The van der Waals surface area contributed by atoms with Gasteiger partial charge in [-0.15, -0.1) is 0 Å². The van der Waals surface area contributed by atoms with E-state index >= 15 is 0 Å². The van der Waals surface area contributed by atoms with Gasteiger partial charge in [-0.25, -0.2) is 15.0 Å². The molecule has 2 heterocycles. The Balaban J connectivity index is 1.33. The van der Waals surface area contributed by atoms with E-state index < -0.39 is 0 Å². The molecule has 0 atom stereocenters. The van der Waals surface area contributed by atoms with Crippen molar-refractivity contribution >= 4 is 35.2 Å². The summed E-state index contributed by atoms with van der Waals surface area (Å²) < 4.78 is 6.25. The van der Waals surface area contributed by atoms with E-state index in [2.05, 4.69) is 36.4 Å². The second-order valence-corrected chi connectivity index (χ2v) is 9.15. The summed E-state index contributed by atoms with van der Waals surface area (Å²) in [6, 6.07) is 40.2. The summed E-state index contributed by atoms with van der Waals surface area (Å²) in [7, 11) is 5.91. The fraction of sp³-hybridized carbons (Fsp3) is 0. The van der Waals surface area contributed by atoms with E-state index in [0.29, 0.717) is 22.9 Å². The molecule has 176 valence electrons. The van der Waals surface area contributed by atoms with Gasteiger partial charge in [-0.3, -0.25) is 0 Å². The van der Waals surface area contributed by atoms with Gasteiger partial charge in [0.1, 0.15) is 19.0 Å². The number of furan rings is 1. The van der Waals surface area contributed by atoms with Crippen molar-refractivity contribution < 1.29 is 4.42 Å². The van der Waals surface area contributed by atoms with Crippen LogP contribution in [0.3, 0.4) is 0 Å². The average Bonchev–Trinajstić information content (AvgIpc) is 3.37. The molecule has 0 amide bonds. The highest BCUT2D eigenvalue weighted by molar-refractivity contribution is 6.32. The molecule has 38 heavy (non-hydrogen) atoms. The molecule has 2 radical (unpaired) electrons. The molecule has 7 aromatic rings. The van der Waals surface area contributed by atoms with Gasteiger partial charge in [-0.1, -0.05) is 121 Å². The molecule has 0 fully saturated rings. The lowest BCUT2D eigenvalue weighted by atomic mass is 9.95. The lowest BCUT2D eigenvalue weighted by Gasteiger charge is -2.09. The van der Waals surface area contributed by atoms with Gasteiger partial charge in [-0.05, 0) is 11.6 Å². The first-order valence-electron chi connectivity index (χ1n) is 12.4. The highest BCUT2D eigenvalue weighted by Crippen LogP contribution is 2.36. The Morgan fingerprint density at radius 2 is 0.974 bits per heavy atom. The van der Waals surface area contributed by atoms with Crippen molar-refractivity contribution in [2.75, 3.05) is 0 Å². The van der Waals surface area contributed by atoms with Crippen molar-refractivity contribution in [1.82, 2.24) is 15.0 Å². The first kappa shape index (κ1) is 22.2. The summed E-state index contributed by atoms with van der Waals surface area (Å²) in [5.74, 6) is 1.84. The third kappa shape index (κ3) is 3.95. The highest BCUT2D eigenvalue weighted by atomic mass is 16.3. The first-order chi connectivity index (χ1) is 18.7. The van der Waals surface area contributed by atoms with Gasteiger partial charge in [0.15, 0.2) is 17.5 Å². The summed E-state index contributed by atoms with van der Waals surface area (Å²) in [6.45, 7) is 0. The molecule has 0 unspecified atom stereocenters. The van der Waals surface area contributed by atoms with Crippen molar-refractivity contribution in [3.8, 4) is 45.3 Å². The van der Waals surface area contributed by atoms with Gasteiger partial charge in [0.2, 0.25) is 0 Å². The number of fused-ring (bicyclic) bond motifs is 3. The minimum Gasteiger partial charge on any atom is -0.455 e. The molecule has 5 heteroatoms. The Labute approximate surface area is 221 Å². The van der Waals surface area contributed by atoms with Crippen LogP contribution >= 0.6 is 0 Å². The molecule has 0 saturated carbocycles. The Morgan fingerprint density at radius 3 is 1.66 bits per heavy atom. The molecule has 0 aliphatic rings. The van der Waals surface area contributed by atoms with Crippen LogP contribution in [-0.2, 0) is 0 Å². The van der Waals surface area contributed by atoms with E-state index in [-0.39, 0.29) is 0 Å². The number of rotatable bonds is 4. The standard InChI is InChI=1S/C33H20BN3O/c34-25-19-17-24(18-20-25)33-36-31(22-7-2-1-3-8-22)35-32(37-33)23-15-13-21(14-16-23)26-10-6-11-28-27-9-4-5-12-29(27)38-30(26)28/h1-20H. The van der Waals surface area contributed by atoms with Gasteiger partial charge in [0, 0.05) is 33.0 Å². The smallest absolute Gasteiger partial charge is 0.164 e. The number of nitrogens with zero attached hydrogens (tertiary/aromatic N) is 3. The summed E-state index contributed by atoms with van der Waals surface area (Å²) >= 11 is 0. The van der Waals surface area contributed by atoms with Gasteiger partial charge in [0.25, 0.3) is 0 Å². The Hall–Kier alpha value is -5.03. The number of hydrogen-bond donors (Lipinski definition) is 0. The van der Waals surface area contributed by atoms with Crippen LogP contribution in [0.2, 0.25) is 0 Å². The minimum absolute atomic E-state index is 0.602. The second kappa shape index (κ2) is 9.13. The van der Waals surface area contributed by atoms with Gasteiger partial charge in [-0.2, -0.15) is 0 Å². The van der Waals surface area contributed by atoms with Crippen LogP contribution in [-0.4, -0.2) is 22.8 Å². The van der Waals surface area contributed by atoms with E-state index in [9.17, 15) is 0 Å². The van der Waals surface area contributed by atoms with Gasteiger partial charge >= 0.3 is 0 Å². The third-order valence-electron chi connectivity index (χ3n) is 6.69. The van der Waals surface area contributed by atoms with Crippen LogP contribution < -0.4 is 5.46 Å². The maximum Gasteiger partial charge on any atom is 0.164 e. The monoisotopic (exact) mass is 485 g/mol. The topological polar surface area (TPSA) is 51.8 Å². The summed E-state index contributed by atoms with van der Waals surface area (Å²) in [4.78, 5) is 14.4. The highest BCUT2D eigenvalue weighted by Gasteiger charge is 2.14.